The van der Waals surface area contributed by atoms with Crippen molar-refractivity contribution in [3.05, 3.63) is 62.9 Å². The number of hydrogen-bond donors (Lipinski definition) is 0. The first-order valence-corrected chi connectivity index (χ1v) is 11.5. The molecule has 1 aromatic heterocycles. The number of aromatic nitrogens is 1. The third-order valence-electron chi connectivity index (χ3n) is 5.00. The lowest BCUT2D eigenvalue weighted by molar-refractivity contribution is -0.125. The van der Waals surface area contributed by atoms with Crippen LogP contribution in [-0.4, -0.2) is 43.0 Å². The van der Waals surface area contributed by atoms with Gasteiger partial charge in [-0.15, -0.1) is 11.3 Å². The molecular formula is C23H21BrN2O4S. The molecule has 0 aliphatic carbocycles. The normalized spacial score (nSPS) is 15.5. The molecule has 1 aliphatic rings. The first-order valence-electron chi connectivity index (χ1n) is 9.81. The zero-order valence-electron chi connectivity index (χ0n) is 17.1. The Kier molecular flexibility index (Phi) is 6.50. The van der Waals surface area contributed by atoms with E-state index in [0.29, 0.717) is 23.6 Å². The maximum absolute atomic E-state index is 12.9. The third kappa shape index (κ3) is 4.71. The van der Waals surface area contributed by atoms with Crippen LogP contribution in [0.5, 0.6) is 5.75 Å². The van der Waals surface area contributed by atoms with Crippen LogP contribution in [0.3, 0.4) is 0 Å². The highest BCUT2D eigenvalue weighted by Gasteiger charge is 2.33. The zero-order valence-corrected chi connectivity index (χ0v) is 19.5. The van der Waals surface area contributed by atoms with Crippen molar-refractivity contribution in [3.8, 4) is 17.0 Å². The first kappa shape index (κ1) is 21.7. The van der Waals surface area contributed by atoms with E-state index >= 15 is 0 Å². The summed E-state index contributed by atoms with van der Waals surface area (Å²) in [6.07, 6.45) is 0.0925. The molecule has 160 valence electrons. The van der Waals surface area contributed by atoms with Crippen LogP contribution in [0.15, 0.2) is 52.3 Å². The molecule has 6 nitrogen and oxygen atoms in total. The van der Waals surface area contributed by atoms with Gasteiger partial charge in [-0.25, -0.2) is 4.98 Å². The molecule has 1 atom stereocenters. The van der Waals surface area contributed by atoms with Crippen LogP contribution in [0, 0.1) is 0 Å². The van der Waals surface area contributed by atoms with Gasteiger partial charge in [-0.3, -0.25) is 14.5 Å². The predicted molar refractivity (Wildman–Crippen MR) is 124 cm³/mol. The number of anilines is 1. The van der Waals surface area contributed by atoms with Crippen LogP contribution < -0.4 is 9.64 Å². The molecule has 0 radical (unpaired) electrons. The summed E-state index contributed by atoms with van der Waals surface area (Å²) < 4.78 is 11.8. The highest BCUT2D eigenvalue weighted by molar-refractivity contribution is 9.10. The average Bonchev–Trinajstić information content (AvgIpc) is 3.24. The molecule has 1 aliphatic heterocycles. The number of ketones is 1. The average molecular weight is 501 g/mol. The number of nitrogens with zero attached hydrogens (tertiary/aromatic N) is 2. The molecule has 0 spiro atoms. The maximum atomic E-state index is 12.9. The largest absolute Gasteiger partial charge is 0.479 e. The molecular weight excluding hydrogens is 480 g/mol. The lowest BCUT2D eigenvalue weighted by atomic mass is 10.1. The van der Waals surface area contributed by atoms with E-state index < -0.39 is 6.10 Å². The van der Waals surface area contributed by atoms with Gasteiger partial charge in [-0.05, 0) is 37.3 Å². The van der Waals surface area contributed by atoms with E-state index in [9.17, 15) is 9.59 Å². The molecule has 4 rings (SSSR count). The number of Topliss-reactive ketones (excluding diaryl/α,β-unsaturated/α-hetero) is 1. The molecule has 31 heavy (non-hydrogen) atoms. The minimum absolute atomic E-state index is 0.0548. The third-order valence-corrected chi connectivity index (χ3v) is 6.44. The number of rotatable bonds is 7. The number of halogens is 1. The van der Waals surface area contributed by atoms with Gasteiger partial charge in [0.1, 0.15) is 5.75 Å². The van der Waals surface area contributed by atoms with E-state index in [4.69, 9.17) is 9.47 Å². The number of methoxy groups -OCH3 is 1. The van der Waals surface area contributed by atoms with E-state index in [1.54, 1.807) is 37.5 Å². The zero-order chi connectivity index (χ0) is 22.0. The monoisotopic (exact) mass is 500 g/mol. The molecule has 0 saturated carbocycles. The summed E-state index contributed by atoms with van der Waals surface area (Å²) in [4.78, 5) is 31.9. The number of benzene rings is 2. The van der Waals surface area contributed by atoms with Gasteiger partial charge < -0.3 is 9.47 Å². The minimum atomic E-state index is -0.656. The number of hydrogen-bond acceptors (Lipinski definition) is 6. The molecule has 2 aromatic carbocycles. The Bertz CT molecular complexity index is 1110. The topological polar surface area (TPSA) is 68.7 Å². The molecule has 3 aromatic rings. The molecule has 1 unspecified atom stereocenters. The van der Waals surface area contributed by atoms with Crippen molar-refractivity contribution in [2.24, 2.45) is 0 Å². The molecule has 0 bridgehead atoms. The summed E-state index contributed by atoms with van der Waals surface area (Å²) in [5, 5.41) is 2.97. The number of carbonyl (C=O) groups excluding carboxylic acids is 2. The van der Waals surface area contributed by atoms with Crippen LogP contribution in [-0.2, 0) is 16.0 Å². The van der Waals surface area contributed by atoms with Crippen LogP contribution in [0.1, 0.15) is 22.3 Å². The van der Waals surface area contributed by atoms with Crippen molar-refractivity contribution in [2.75, 3.05) is 25.2 Å². The predicted octanol–water partition coefficient (Wildman–Crippen LogP) is 4.76. The molecule has 8 heteroatoms. The quantitative estimate of drug-likeness (QED) is 0.437. The highest BCUT2D eigenvalue weighted by Crippen LogP contribution is 2.38. The van der Waals surface area contributed by atoms with Gasteiger partial charge >= 0.3 is 0 Å². The van der Waals surface area contributed by atoms with E-state index in [1.165, 1.54) is 4.90 Å². The number of fused-ring (bicyclic) bond motifs is 1. The van der Waals surface area contributed by atoms with Gasteiger partial charge in [-0.1, -0.05) is 28.1 Å². The van der Waals surface area contributed by atoms with E-state index in [0.717, 1.165) is 27.2 Å². The second-order valence-corrected chi connectivity index (χ2v) is 9.02. The fourth-order valence-electron chi connectivity index (χ4n) is 3.35. The number of ether oxygens (including phenoxy) is 2. The summed E-state index contributed by atoms with van der Waals surface area (Å²) in [7, 11) is 1.67. The van der Waals surface area contributed by atoms with E-state index in [1.807, 2.05) is 35.7 Å². The SMILES string of the molecule is COCCc1nc(-c2ccc3c(c2)N(CC(=O)c2ccc(Br)cc2)C(=O)C(C)O3)cs1. The lowest BCUT2D eigenvalue weighted by Crippen LogP contribution is -2.46. The van der Waals surface area contributed by atoms with Crippen molar-refractivity contribution in [3.63, 3.8) is 0 Å². The Morgan fingerprint density at radius 2 is 2.03 bits per heavy atom. The number of thiazole rings is 1. The van der Waals surface area contributed by atoms with Gasteiger partial charge in [0.05, 0.1) is 29.5 Å². The van der Waals surface area contributed by atoms with Gasteiger partial charge in [0.15, 0.2) is 11.9 Å². The molecule has 2 heterocycles. The van der Waals surface area contributed by atoms with Crippen LogP contribution in [0.25, 0.3) is 11.3 Å². The van der Waals surface area contributed by atoms with Gasteiger partial charge in [-0.2, -0.15) is 0 Å². The van der Waals surface area contributed by atoms with Crippen LogP contribution in [0.2, 0.25) is 0 Å². The first-order chi connectivity index (χ1) is 15.0. The smallest absolute Gasteiger partial charge is 0.268 e. The molecule has 1 amide bonds. The fourth-order valence-corrected chi connectivity index (χ4v) is 4.40. The number of carbonyl (C=O) groups is 2. The van der Waals surface area contributed by atoms with Crippen molar-refractivity contribution in [1.82, 2.24) is 4.98 Å². The van der Waals surface area contributed by atoms with Crippen molar-refractivity contribution < 1.29 is 19.1 Å². The lowest BCUT2D eigenvalue weighted by Gasteiger charge is -2.33. The second-order valence-electron chi connectivity index (χ2n) is 7.17. The summed E-state index contributed by atoms with van der Waals surface area (Å²) in [6, 6.07) is 12.7. The highest BCUT2D eigenvalue weighted by atomic mass is 79.9. The van der Waals surface area contributed by atoms with Gasteiger partial charge in [0.25, 0.3) is 5.91 Å². The number of amides is 1. The Labute approximate surface area is 192 Å². The standard InChI is InChI=1S/C23H21BrN2O4S/c1-14-23(28)26(12-20(27)15-3-6-17(24)7-4-15)19-11-16(5-8-21(19)30-14)18-13-31-22(25-18)9-10-29-2/h3-8,11,13-14H,9-10,12H2,1-2H3. The summed E-state index contributed by atoms with van der Waals surface area (Å²) in [5.41, 5.74) is 2.82. The Hall–Kier alpha value is -2.55. The molecule has 0 N–H and O–H groups in total. The summed E-state index contributed by atoms with van der Waals surface area (Å²) in [5.74, 6) is 0.199. The fraction of sp³-hybridized carbons (Fsp3) is 0.261. The van der Waals surface area contributed by atoms with E-state index in [-0.39, 0.29) is 18.2 Å². The van der Waals surface area contributed by atoms with Crippen molar-refractivity contribution in [2.45, 2.75) is 19.4 Å². The molecule has 0 fully saturated rings. The van der Waals surface area contributed by atoms with Crippen molar-refractivity contribution >= 4 is 44.6 Å². The van der Waals surface area contributed by atoms with Gasteiger partial charge in [0.2, 0.25) is 0 Å². The molecule has 0 saturated heterocycles. The van der Waals surface area contributed by atoms with Crippen molar-refractivity contribution in [1.29, 1.82) is 0 Å². The van der Waals surface area contributed by atoms with E-state index in [2.05, 4.69) is 20.9 Å². The minimum Gasteiger partial charge on any atom is -0.479 e. The van der Waals surface area contributed by atoms with Crippen LogP contribution >= 0.6 is 27.3 Å². The van der Waals surface area contributed by atoms with Gasteiger partial charge in [0, 0.05) is 34.5 Å². The maximum Gasteiger partial charge on any atom is 0.268 e. The Morgan fingerprint density at radius 3 is 2.77 bits per heavy atom. The second kappa shape index (κ2) is 9.30. The Balaban J connectivity index is 1.64. The summed E-state index contributed by atoms with van der Waals surface area (Å²) in [6.45, 7) is 2.25. The summed E-state index contributed by atoms with van der Waals surface area (Å²) >= 11 is 4.94. The van der Waals surface area contributed by atoms with Crippen LogP contribution in [0.4, 0.5) is 5.69 Å². The Morgan fingerprint density at radius 1 is 1.26 bits per heavy atom.